The zero-order chi connectivity index (χ0) is 30.2. The van der Waals surface area contributed by atoms with Gasteiger partial charge in [0.1, 0.15) is 0 Å². The highest BCUT2D eigenvalue weighted by Crippen LogP contribution is 2.40. The van der Waals surface area contributed by atoms with Gasteiger partial charge >= 0.3 is 0 Å². The van der Waals surface area contributed by atoms with Crippen molar-refractivity contribution in [2.75, 3.05) is 0 Å². The first-order chi connectivity index (χ1) is 22.8. The molecule has 2 heterocycles. The van der Waals surface area contributed by atoms with Gasteiger partial charge in [-0.25, -0.2) is 0 Å². The van der Waals surface area contributed by atoms with E-state index in [-0.39, 0.29) is 0 Å². The summed E-state index contributed by atoms with van der Waals surface area (Å²) >= 11 is 0. The number of hydrogen-bond acceptors (Lipinski definition) is 0. The number of benzene rings is 8. The largest absolute Gasteiger partial charge is 0.316 e. The first-order valence-electron chi connectivity index (χ1n) is 15.9. The van der Waals surface area contributed by atoms with Crippen LogP contribution in [0.15, 0.2) is 170 Å². The molecule has 0 saturated carbocycles. The van der Waals surface area contributed by atoms with Crippen molar-refractivity contribution < 1.29 is 0 Å². The van der Waals surface area contributed by atoms with Gasteiger partial charge < -0.3 is 9.13 Å². The van der Waals surface area contributed by atoms with Crippen molar-refractivity contribution in [3.63, 3.8) is 0 Å². The molecule has 8 aromatic carbocycles. The minimum absolute atomic E-state index is 1.16. The predicted molar refractivity (Wildman–Crippen MR) is 196 cm³/mol. The van der Waals surface area contributed by atoms with Crippen molar-refractivity contribution in [2.24, 2.45) is 0 Å². The normalized spacial score (nSPS) is 11.9. The van der Waals surface area contributed by atoms with E-state index < -0.39 is 0 Å². The lowest BCUT2D eigenvalue weighted by molar-refractivity contribution is 1.13. The van der Waals surface area contributed by atoms with E-state index in [0.29, 0.717) is 0 Å². The second-order valence-electron chi connectivity index (χ2n) is 12.2. The van der Waals surface area contributed by atoms with Crippen LogP contribution in [-0.4, -0.2) is 9.13 Å². The number of nitrogens with zero attached hydrogens (tertiary/aromatic N) is 2. The predicted octanol–water partition coefficient (Wildman–Crippen LogP) is 11.9. The number of rotatable bonds is 3. The standard InChI is InChI=1S/C44H28N2/c1-2-12-32(13-3-1)45-26-25-29-22-24-42-43(44(29)45)39-19-8-9-20-41(39)46(42)33-14-10-11-30(27-33)31-21-23-38-36-17-5-4-15-34(36)35-16-6-7-18-37(35)40(38)28-31/h1-28H. The van der Waals surface area contributed by atoms with E-state index in [1.54, 1.807) is 0 Å². The lowest BCUT2D eigenvalue weighted by Gasteiger charge is -2.13. The number of aromatic nitrogens is 2. The second-order valence-corrected chi connectivity index (χ2v) is 12.2. The van der Waals surface area contributed by atoms with Crippen molar-refractivity contribution in [3.05, 3.63) is 170 Å². The molecule has 2 aromatic heterocycles. The Balaban J connectivity index is 1.21. The second kappa shape index (κ2) is 9.69. The molecular formula is C44H28N2. The molecule has 0 aliphatic carbocycles. The zero-order valence-electron chi connectivity index (χ0n) is 25.1. The van der Waals surface area contributed by atoms with Gasteiger partial charge in [0.15, 0.2) is 0 Å². The summed E-state index contributed by atoms with van der Waals surface area (Å²) < 4.78 is 4.76. The molecule has 0 aliphatic heterocycles. The molecule has 2 nitrogen and oxygen atoms in total. The Morgan fingerprint density at radius 3 is 1.72 bits per heavy atom. The Morgan fingerprint density at radius 1 is 0.348 bits per heavy atom. The number of fused-ring (bicyclic) bond motifs is 11. The van der Waals surface area contributed by atoms with Gasteiger partial charge in [0.25, 0.3) is 0 Å². The van der Waals surface area contributed by atoms with Crippen LogP contribution < -0.4 is 0 Å². The summed E-state index contributed by atoms with van der Waals surface area (Å²) in [7, 11) is 0. The highest BCUT2D eigenvalue weighted by Gasteiger charge is 2.18. The lowest BCUT2D eigenvalue weighted by atomic mass is 9.92. The van der Waals surface area contributed by atoms with Crippen LogP contribution >= 0.6 is 0 Å². The summed E-state index contributed by atoms with van der Waals surface area (Å²) in [4.78, 5) is 0. The minimum Gasteiger partial charge on any atom is -0.316 e. The molecule has 0 atom stereocenters. The maximum Gasteiger partial charge on any atom is 0.0628 e. The summed E-state index contributed by atoms with van der Waals surface area (Å²) in [6.07, 6.45) is 2.19. The molecule has 0 spiro atoms. The molecule has 214 valence electrons. The summed E-state index contributed by atoms with van der Waals surface area (Å²) in [5.74, 6) is 0. The molecule has 10 aromatic rings. The third-order valence-electron chi connectivity index (χ3n) is 9.70. The van der Waals surface area contributed by atoms with Crippen LogP contribution in [0.25, 0.3) is 87.5 Å². The summed E-state index contributed by atoms with van der Waals surface area (Å²) in [6.45, 7) is 0. The highest BCUT2D eigenvalue weighted by atomic mass is 15.0. The van der Waals surface area contributed by atoms with Gasteiger partial charge in [-0.1, -0.05) is 115 Å². The van der Waals surface area contributed by atoms with Crippen LogP contribution in [0.5, 0.6) is 0 Å². The molecule has 0 N–H and O–H groups in total. The zero-order valence-corrected chi connectivity index (χ0v) is 25.1. The summed E-state index contributed by atoms with van der Waals surface area (Å²) in [6, 6.07) is 59.8. The highest BCUT2D eigenvalue weighted by molar-refractivity contribution is 6.26. The van der Waals surface area contributed by atoms with Gasteiger partial charge in [0, 0.05) is 33.7 Å². The SMILES string of the molecule is c1ccc(-n2ccc3ccc4c(c5ccccc5n4-c4cccc(-c5ccc6c7ccccc7c7ccccc7c6c5)c4)c32)cc1. The van der Waals surface area contributed by atoms with Gasteiger partial charge in [0.05, 0.1) is 16.6 Å². The quantitative estimate of drug-likeness (QED) is 0.183. The molecule has 2 heteroatoms. The molecule has 0 amide bonds. The number of hydrogen-bond donors (Lipinski definition) is 0. The summed E-state index contributed by atoms with van der Waals surface area (Å²) in [5.41, 5.74) is 8.40. The fraction of sp³-hybridized carbons (Fsp3) is 0. The van der Waals surface area contributed by atoms with Crippen LogP contribution in [0.1, 0.15) is 0 Å². The molecule has 0 unspecified atom stereocenters. The average Bonchev–Trinajstić information content (AvgIpc) is 3.71. The van der Waals surface area contributed by atoms with E-state index in [9.17, 15) is 0 Å². The van der Waals surface area contributed by atoms with Gasteiger partial charge in [-0.3, -0.25) is 0 Å². The van der Waals surface area contributed by atoms with Gasteiger partial charge in [-0.15, -0.1) is 0 Å². The van der Waals surface area contributed by atoms with Crippen molar-refractivity contribution in [3.8, 4) is 22.5 Å². The monoisotopic (exact) mass is 584 g/mol. The third-order valence-corrected chi connectivity index (χ3v) is 9.70. The van der Waals surface area contributed by atoms with Crippen molar-refractivity contribution in [1.29, 1.82) is 0 Å². The van der Waals surface area contributed by atoms with Gasteiger partial charge in [-0.05, 0) is 92.0 Å². The van der Waals surface area contributed by atoms with Crippen LogP contribution in [0, 0.1) is 0 Å². The Morgan fingerprint density at radius 2 is 0.957 bits per heavy atom. The lowest BCUT2D eigenvalue weighted by Crippen LogP contribution is -1.95. The molecule has 10 rings (SSSR count). The summed E-state index contributed by atoms with van der Waals surface area (Å²) in [5, 5.41) is 11.6. The maximum absolute atomic E-state index is 2.43. The van der Waals surface area contributed by atoms with E-state index in [0.717, 1.165) is 5.69 Å². The van der Waals surface area contributed by atoms with Crippen LogP contribution in [-0.2, 0) is 0 Å². The van der Waals surface area contributed by atoms with Crippen molar-refractivity contribution in [1.82, 2.24) is 9.13 Å². The van der Waals surface area contributed by atoms with Crippen molar-refractivity contribution >= 4 is 65.0 Å². The smallest absolute Gasteiger partial charge is 0.0628 e. The molecule has 46 heavy (non-hydrogen) atoms. The molecule has 0 saturated heterocycles. The Labute approximate surface area is 266 Å². The number of para-hydroxylation sites is 2. The van der Waals surface area contributed by atoms with Crippen LogP contribution in [0.2, 0.25) is 0 Å². The topological polar surface area (TPSA) is 9.86 Å². The third kappa shape index (κ3) is 3.59. The fourth-order valence-electron chi connectivity index (χ4n) is 7.68. The van der Waals surface area contributed by atoms with E-state index in [2.05, 4.69) is 179 Å². The van der Waals surface area contributed by atoms with E-state index in [4.69, 9.17) is 0 Å². The van der Waals surface area contributed by atoms with Gasteiger partial charge in [0.2, 0.25) is 0 Å². The average molecular weight is 585 g/mol. The molecule has 0 aliphatic rings. The molecule has 0 bridgehead atoms. The Hall–Kier alpha value is -6.12. The van der Waals surface area contributed by atoms with Crippen molar-refractivity contribution in [2.45, 2.75) is 0 Å². The maximum atomic E-state index is 2.43. The Kier molecular flexibility index (Phi) is 5.31. The van der Waals surface area contributed by atoms with E-state index in [1.807, 2.05) is 0 Å². The van der Waals surface area contributed by atoms with Gasteiger partial charge in [-0.2, -0.15) is 0 Å². The van der Waals surface area contributed by atoms with Crippen LogP contribution in [0.3, 0.4) is 0 Å². The van der Waals surface area contributed by atoms with E-state index >= 15 is 0 Å². The minimum atomic E-state index is 1.16. The Bertz CT molecular complexity index is 2760. The molecule has 0 radical (unpaired) electrons. The van der Waals surface area contributed by atoms with E-state index in [1.165, 1.54) is 81.8 Å². The first kappa shape index (κ1) is 25.2. The fourth-order valence-corrected chi connectivity index (χ4v) is 7.68. The van der Waals surface area contributed by atoms with Crippen LogP contribution in [0.4, 0.5) is 0 Å². The first-order valence-corrected chi connectivity index (χ1v) is 15.9. The molecular weight excluding hydrogens is 556 g/mol. The molecule has 0 fully saturated rings.